The van der Waals surface area contributed by atoms with E-state index < -0.39 is 6.17 Å². The highest BCUT2D eigenvalue weighted by Crippen LogP contribution is 2.37. The van der Waals surface area contributed by atoms with Crippen LogP contribution < -0.4 is 15.9 Å². The van der Waals surface area contributed by atoms with Crippen LogP contribution in [0.4, 0.5) is 0 Å². The summed E-state index contributed by atoms with van der Waals surface area (Å²) in [6, 6.07) is 13.0. The lowest BCUT2D eigenvalue weighted by atomic mass is 10.1. The molecule has 144 valence electrons. The van der Waals surface area contributed by atoms with Gasteiger partial charge in [0.15, 0.2) is 11.3 Å². The van der Waals surface area contributed by atoms with Crippen molar-refractivity contribution in [1.29, 1.82) is 0 Å². The third-order valence-electron chi connectivity index (χ3n) is 4.51. The summed E-state index contributed by atoms with van der Waals surface area (Å²) in [5.74, 6) is 0.689. The zero-order valence-electron chi connectivity index (χ0n) is 15.2. The number of hydrogen-bond donors (Lipinski definition) is 1. The predicted octanol–water partition coefficient (Wildman–Crippen LogP) is 3.67. The second-order valence-corrected chi connectivity index (χ2v) is 8.29. The Morgan fingerprint density at radius 2 is 2.00 bits per heavy atom. The molecular formula is C20H18Cl2N4OS. The summed E-state index contributed by atoms with van der Waals surface area (Å²) < 4.78 is 0. The molecule has 0 spiro atoms. The molecule has 28 heavy (non-hydrogen) atoms. The first kappa shape index (κ1) is 19.3. The van der Waals surface area contributed by atoms with E-state index in [0.29, 0.717) is 26.5 Å². The molecule has 4 rings (SSSR count). The SMILES string of the molecule is CCCCSC1=NN2C(=c3ccccc3=N[C@H]2c2cccc(Cl)c2Cl)C(=O)N1. The fourth-order valence-electron chi connectivity index (χ4n) is 3.13. The van der Waals surface area contributed by atoms with Crippen LogP contribution in [0.3, 0.4) is 0 Å². The van der Waals surface area contributed by atoms with Crippen molar-refractivity contribution in [3.8, 4) is 0 Å². The Bertz CT molecular complexity index is 1090. The van der Waals surface area contributed by atoms with Crippen LogP contribution in [0.15, 0.2) is 52.6 Å². The molecule has 2 aromatic rings. The zero-order chi connectivity index (χ0) is 19.7. The third kappa shape index (κ3) is 3.52. The molecule has 1 amide bonds. The molecule has 0 saturated carbocycles. The maximum absolute atomic E-state index is 13.0. The lowest BCUT2D eigenvalue weighted by Gasteiger charge is -2.34. The van der Waals surface area contributed by atoms with Gasteiger partial charge in [-0.2, -0.15) is 0 Å². The van der Waals surface area contributed by atoms with E-state index in [9.17, 15) is 4.79 Å². The van der Waals surface area contributed by atoms with E-state index in [1.54, 1.807) is 11.1 Å². The lowest BCUT2D eigenvalue weighted by Crippen LogP contribution is -2.50. The Hall–Kier alpha value is -2.02. The summed E-state index contributed by atoms with van der Waals surface area (Å²) in [4.78, 5) is 17.8. The highest BCUT2D eigenvalue weighted by molar-refractivity contribution is 8.13. The van der Waals surface area contributed by atoms with Gasteiger partial charge in [-0.25, -0.2) is 5.01 Å². The maximum Gasteiger partial charge on any atom is 0.276 e. The van der Waals surface area contributed by atoms with Crippen LogP contribution in [0.5, 0.6) is 0 Å². The predicted molar refractivity (Wildman–Crippen MR) is 115 cm³/mol. The fourth-order valence-corrected chi connectivity index (χ4v) is 4.47. The van der Waals surface area contributed by atoms with Gasteiger partial charge in [-0.05, 0) is 18.6 Å². The number of fused-ring (bicyclic) bond motifs is 2. The Balaban J connectivity index is 1.87. The second kappa shape index (κ2) is 8.15. The molecule has 1 N–H and O–H groups in total. The van der Waals surface area contributed by atoms with Gasteiger partial charge < -0.3 is 0 Å². The minimum absolute atomic E-state index is 0.195. The van der Waals surface area contributed by atoms with E-state index in [0.717, 1.165) is 29.2 Å². The highest BCUT2D eigenvalue weighted by Gasteiger charge is 2.35. The van der Waals surface area contributed by atoms with Gasteiger partial charge in [-0.1, -0.05) is 78.6 Å². The normalized spacial score (nSPS) is 18.0. The molecular weight excluding hydrogens is 415 g/mol. The molecule has 2 aromatic carbocycles. The van der Waals surface area contributed by atoms with Crippen LogP contribution in [0.1, 0.15) is 31.5 Å². The number of hydrazone groups is 1. The first-order valence-electron chi connectivity index (χ1n) is 9.03. The van der Waals surface area contributed by atoms with Crippen molar-refractivity contribution >= 4 is 51.7 Å². The first-order valence-corrected chi connectivity index (χ1v) is 10.8. The van der Waals surface area contributed by atoms with Crippen molar-refractivity contribution < 1.29 is 4.79 Å². The van der Waals surface area contributed by atoms with Crippen molar-refractivity contribution in [1.82, 2.24) is 10.3 Å². The summed E-state index contributed by atoms with van der Waals surface area (Å²) in [7, 11) is 0. The summed E-state index contributed by atoms with van der Waals surface area (Å²) in [5, 5.41) is 12.2. The summed E-state index contributed by atoms with van der Waals surface area (Å²) in [5.41, 5.74) is 1.17. The molecule has 0 saturated heterocycles. The van der Waals surface area contributed by atoms with Crippen LogP contribution in [0.2, 0.25) is 10.0 Å². The van der Waals surface area contributed by atoms with Gasteiger partial charge in [-0.15, -0.1) is 5.10 Å². The molecule has 0 aromatic heterocycles. The topological polar surface area (TPSA) is 57.1 Å². The van der Waals surface area contributed by atoms with Gasteiger partial charge in [-0.3, -0.25) is 15.1 Å². The minimum atomic E-state index is -0.566. The van der Waals surface area contributed by atoms with E-state index in [4.69, 9.17) is 33.3 Å². The minimum Gasteiger partial charge on any atom is -0.298 e. The number of benzene rings is 2. The van der Waals surface area contributed by atoms with Crippen LogP contribution in [0, 0.1) is 0 Å². The lowest BCUT2D eigenvalue weighted by molar-refractivity contribution is -0.116. The van der Waals surface area contributed by atoms with E-state index >= 15 is 0 Å². The number of amides is 1. The maximum atomic E-state index is 13.0. The van der Waals surface area contributed by atoms with Gasteiger partial charge in [0.2, 0.25) is 0 Å². The van der Waals surface area contributed by atoms with Crippen LogP contribution in [-0.4, -0.2) is 21.8 Å². The molecule has 2 aliphatic heterocycles. The molecule has 0 fully saturated rings. The van der Waals surface area contributed by atoms with Crippen molar-refractivity contribution in [3.05, 3.63) is 68.6 Å². The average molecular weight is 433 g/mol. The molecule has 1 atom stereocenters. The smallest absolute Gasteiger partial charge is 0.276 e. The number of nitrogens with one attached hydrogen (secondary N) is 1. The van der Waals surface area contributed by atoms with Crippen molar-refractivity contribution in [2.24, 2.45) is 10.1 Å². The number of amidine groups is 1. The number of carbonyl (C=O) groups is 1. The number of unbranched alkanes of at least 4 members (excludes halogenated alkanes) is 1. The summed E-state index contributed by atoms with van der Waals surface area (Å²) in [6.45, 7) is 2.13. The number of rotatable bonds is 4. The second-order valence-electron chi connectivity index (χ2n) is 6.42. The molecule has 0 aliphatic carbocycles. The van der Waals surface area contributed by atoms with E-state index in [2.05, 4.69) is 12.2 Å². The van der Waals surface area contributed by atoms with Crippen molar-refractivity contribution in [2.75, 3.05) is 5.75 Å². The number of nitrogens with zero attached hydrogens (tertiary/aromatic N) is 3. The van der Waals surface area contributed by atoms with E-state index in [1.807, 2.05) is 36.4 Å². The van der Waals surface area contributed by atoms with Gasteiger partial charge in [0, 0.05) is 16.5 Å². The summed E-state index contributed by atoms with van der Waals surface area (Å²) >= 11 is 14.2. The van der Waals surface area contributed by atoms with E-state index in [1.165, 1.54) is 11.8 Å². The third-order valence-corrected chi connectivity index (χ3v) is 6.30. The molecule has 2 aliphatic rings. The molecule has 0 radical (unpaired) electrons. The standard InChI is InChI=1S/C20H18Cl2N4OS/c1-2-3-11-28-20-24-19(27)17-12-7-4-5-10-15(12)23-18(26(17)25-20)13-8-6-9-14(21)16(13)22/h4-10,18H,2-3,11H2,1H3,(H,24,25,27)/t18-/m1/s1. The van der Waals surface area contributed by atoms with Gasteiger partial charge in [0.25, 0.3) is 5.91 Å². The van der Waals surface area contributed by atoms with Crippen LogP contribution in [-0.2, 0) is 4.79 Å². The number of halogens is 2. The van der Waals surface area contributed by atoms with Gasteiger partial charge >= 0.3 is 0 Å². The number of carbonyl (C=O) groups excluding carboxylic acids is 1. The number of para-hydroxylation sites is 1. The Morgan fingerprint density at radius 3 is 2.82 bits per heavy atom. The molecule has 0 unspecified atom stereocenters. The Labute approximate surface area is 177 Å². The Kier molecular flexibility index (Phi) is 5.62. The average Bonchev–Trinajstić information content (AvgIpc) is 2.69. The molecule has 8 heteroatoms. The highest BCUT2D eigenvalue weighted by atomic mass is 35.5. The fraction of sp³-hybridized carbons (Fsp3) is 0.250. The largest absolute Gasteiger partial charge is 0.298 e. The zero-order valence-corrected chi connectivity index (χ0v) is 17.5. The van der Waals surface area contributed by atoms with Crippen LogP contribution in [0.25, 0.3) is 5.70 Å². The molecule has 2 heterocycles. The molecule has 0 bridgehead atoms. The Morgan fingerprint density at radius 1 is 1.18 bits per heavy atom. The van der Waals surface area contributed by atoms with Crippen molar-refractivity contribution in [2.45, 2.75) is 25.9 Å². The summed E-state index contributed by atoms with van der Waals surface area (Å²) in [6.07, 6.45) is 1.56. The van der Waals surface area contributed by atoms with Crippen molar-refractivity contribution in [3.63, 3.8) is 0 Å². The van der Waals surface area contributed by atoms with Gasteiger partial charge in [0.1, 0.15) is 5.70 Å². The first-order chi connectivity index (χ1) is 13.6. The number of hydrogen-bond acceptors (Lipinski definition) is 5. The number of thioether (sulfide) groups is 1. The van der Waals surface area contributed by atoms with Gasteiger partial charge in [0.05, 0.1) is 15.4 Å². The quantitative estimate of drug-likeness (QED) is 0.749. The monoisotopic (exact) mass is 432 g/mol. The van der Waals surface area contributed by atoms with Crippen LogP contribution >= 0.6 is 35.0 Å². The molecule has 5 nitrogen and oxygen atoms in total. The van der Waals surface area contributed by atoms with E-state index in [-0.39, 0.29) is 5.91 Å².